The number of rotatable bonds is 8. The highest BCUT2D eigenvalue weighted by atomic mass is 32.2. The zero-order chi connectivity index (χ0) is 23.4. The fourth-order valence-electron chi connectivity index (χ4n) is 4.27. The lowest BCUT2D eigenvalue weighted by Crippen LogP contribution is -2.47. The molecule has 0 saturated heterocycles. The number of hydrogen-bond acceptors (Lipinski definition) is 5. The second kappa shape index (κ2) is 10.2. The molecule has 1 aliphatic rings. The molecule has 1 aromatic heterocycles. The quantitative estimate of drug-likeness (QED) is 0.487. The van der Waals surface area contributed by atoms with E-state index in [1.54, 1.807) is 41.7 Å². The molecule has 8 heteroatoms. The Morgan fingerprint density at radius 1 is 1.09 bits per heavy atom. The van der Waals surface area contributed by atoms with Crippen LogP contribution in [0.3, 0.4) is 0 Å². The summed E-state index contributed by atoms with van der Waals surface area (Å²) in [6.45, 7) is 2.67. The SMILES string of the molecule is COCCN(CC(=O)N1CCc2sccc2C1c1ccccc1C)S(=O)(=O)c1ccccc1. The van der Waals surface area contributed by atoms with Gasteiger partial charge in [-0.05, 0) is 53.6 Å². The molecule has 1 atom stereocenters. The third kappa shape index (κ3) is 4.89. The summed E-state index contributed by atoms with van der Waals surface area (Å²) in [4.78, 5) is 16.9. The Bertz CT molecular complexity index is 1210. The predicted molar refractivity (Wildman–Crippen MR) is 130 cm³/mol. The number of amides is 1. The van der Waals surface area contributed by atoms with Gasteiger partial charge in [0.2, 0.25) is 15.9 Å². The van der Waals surface area contributed by atoms with Crippen molar-refractivity contribution in [2.45, 2.75) is 24.3 Å². The minimum absolute atomic E-state index is 0.103. The molecule has 0 saturated carbocycles. The third-order valence-corrected chi connectivity index (χ3v) is 8.86. The molecule has 174 valence electrons. The van der Waals surface area contributed by atoms with Crippen LogP contribution < -0.4 is 0 Å². The first kappa shape index (κ1) is 23.6. The molecule has 4 rings (SSSR count). The zero-order valence-corrected chi connectivity index (χ0v) is 20.4. The Hall–Kier alpha value is -2.52. The van der Waals surface area contributed by atoms with Crippen LogP contribution in [0.15, 0.2) is 70.9 Å². The van der Waals surface area contributed by atoms with Gasteiger partial charge in [-0.2, -0.15) is 4.31 Å². The van der Waals surface area contributed by atoms with Gasteiger partial charge in [-0.3, -0.25) is 4.79 Å². The number of carbonyl (C=O) groups excluding carboxylic acids is 1. The van der Waals surface area contributed by atoms with Gasteiger partial charge >= 0.3 is 0 Å². The largest absolute Gasteiger partial charge is 0.383 e. The van der Waals surface area contributed by atoms with Crippen molar-refractivity contribution < 1.29 is 17.9 Å². The molecule has 1 amide bonds. The smallest absolute Gasteiger partial charge is 0.243 e. The Morgan fingerprint density at radius 3 is 2.55 bits per heavy atom. The van der Waals surface area contributed by atoms with Crippen molar-refractivity contribution in [1.29, 1.82) is 0 Å². The first-order chi connectivity index (χ1) is 15.9. The minimum Gasteiger partial charge on any atom is -0.383 e. The van der Waals surface area contributed by atoms with Gasteiger partial charge < -0.3 is 9.64 Å². The number of carbonyl (C=O) groups is 1. The highest BCUT2D eigenvalue weighted by Crippen LogP contribution is 2.39. The van der Waals surface area contributed by atoms with E-state index in [0.29, 0.717) is 6.54 Å². The second-order valence-corrected chi connectivity index (χ2v) is 11.0. The van der Waals surface area contributed by atoms with E-state index in [4.69, 9.17) is 4.74 Å². The van der Waals surface area contributed by atoms with Crippen LogP contribution in [0.1, 0.15) is 27.6 Å². The van der Waals surface area contributed by atoms with Crippen LogP contribution in [0.2, 0.25) is 0 Å². The van der Waals surface area contributed by atoms with Gasteiger partial charge in [-0.1, -0.05) is 42.5 Å². The van der Waals surface area contributed by atoms with E-state index >= 15 is 0 Å². The molecule has 0 radical (unpaired) electrons. The molecule has 1 unspecified atom stereocenters. The molecule has 0 N–H and O–H groups in total. The lowest BCUT2D eigenvalue weighted by Gasteiger charge is -2.38. The van der Waals surface area contributed by atoms with E-state index in [1.165, 1.54) is 16.3 Å². The first-order valence-electron chi connectivity index (χ1n) is 10.9. The number of nitrogens with zero attached hydrogens (tertiary/aromatic N) is 2. The fraction of sp³-hybridized carbons (Fsp3) is 0.320. The van der Waals surface area contributed by atoms with Crippen LogP contribution in [0.25, 0.3) is 0 Å². The molecular weight excluding hydrogens is 456 g/mol. The van der Waals surface area contributed by atoms with Crippen molar-refractivity contribution >= 4 is 27.3 Å². The number of fused-ring (bicyclic) bond motifs is 1. The molecule has 1 aliphatic heterocycles. The highest BCUT2D eigenvalue weighted by molar-refractivity contribution is 7.89. The van der Waals surface area contributed by atoms with Crippen LogP contribution in [0.4, 0.5) is 0 Å². The molecule has 0 bridgehead atoms. The summed E-state index contributed by atoms with van der Waals surface area (Å²) in [5.41, 5.74) is 3.30. The summed E-state index contributed by atoms with van der Waals surface area (Å²) >= 11 is 1.71. The van der Waals surface area contributed by atoms with Gasteiger partial charge in [-0.25, -0.2) is 8.42 Å². The molecule has 33 heavy (non-hydrogen) atoms. The summed E-state index contributed by atoms with van der Waals surface area (Å²) in [7, 11) is -2.32. The maximum atomic E-state index is 13.7. The normalized spacial score (nSPS) is 16.1. The summed E-state index contributed by atoms with van der Waals surface area (Å²) in [5.74, 6) is -0.212. The summed E-state index contributed by atoms with van der Waals surface area (Å²) in [6.07, 6.45) is 0.768. The van der Waals surface area contributed by atoms with Crippen molar-refractivity contribution in [1.82, 2.24) is 9.21 Å². The van der Waals surface area contributed by atoms with Gasteiger partial charge in [0, 0.05) is 25.1 Å². The van der Waals surface area contributed by atoms with Crippen molar-refractivity contribution in [2.75, 3.05) is 33.4 Å². The highest BCUT2D eigenvalue weighted by Gasteiger charge is 2.36. The Morgan fingerprint density at radius 2 is 1.82 bits per heavy atom. The first-order valence-corrected chi connectivity index (χ1v) is 13.2. The maximum absolute atomic E-state index is 13.7. The average Bonchev–Trinajstić information content (AvgIpc) is 3.31. The predicted octanol–water partition coefficient (Wildman–Crippen LogP) is 3.87. The lowest BCUT2D eigenvalue weighted by atomic mass is 9.90. The molecule has 0 spiro atoms. The summed E-state index contributed by atoms with van der Waals surface area (Å²) in [5, 5.41) is 2.06. The van der Waals surface area contributed by atoms with Crippen LogP contribution in [-0.2, 0) is 26.0 Å². The summed E-state index contributed by atoms with van der Waals surface area (Å²) in [6, 6.07) is 18.2. The van der Waals surface area contributed by atoms with Crippen molar-refractivity contribution in [3.8, 4) is 0 Å². The van der Waals surface area contributed by atoms with Crippen LogP contribution >= 0.6 is 11.3 Å². The van der Waals surface area contributed by atoms with Gasteiger partial charge in [0.25, 0.3) is 0 Å². The average molecular weight is 485 g/mol. The molecular formula is C25H28N2O4S2. The van der Waals surface area contributed by atoms with Crippen molar-refractivity contribution in [3.05, 3.63) is 87.6 Å². The Balaban J connectivity index is 1.67. The van der Waals surface area contributed by atoms with Crippen LogP contribution in [0, 0.1) is 6.92 Å². The number of ether oxygens (including phenoxy) is 1. The van der Waals surface area contributed by atoms with Gasteiger partial charge in [-0.15, -0.1) is 11.3 Å². The standard InChI is InChI=1S/C25H28N2O4S2/c1-19-8-6-7-11-21(19)25-22-13-17-32-23(22)12-14-27(25)24(28)18-26(15-16-31-2)33(29,30)20-9-4-3-5-10-20/h3-11,13,17,25H,12,14-16,18H2,1-2H3. The Kier molecular flexibility index (Phi) is 7.29. The lowest BCUT2D eigenvalue weighted by molar-refractivity contribution is -0.133. The number of benzene rings is 2. The number of hydrogen-bond donors (Lipinski definition) is 0. The van der Waals surface area contributed by atoms with E-state index < -0.39 is 10.0 Å². The molecule has 2 aromatic carbocycles. The monoisotopic (exact) mass is 484 g/mol. The second-order valence-electron chi connectivity index (χ2n) is 8.04. The van der Waals surface area contributed by atoms with Gasteiger partial charge in [0.1, 0.15) is 0 Å². The van der Waals surface area contributed by atoms with Crippen molar-refractivity contribution in [3.63, 3.8) is 0 Å². The summed E-state index contributed by atoms with van der Waals surface area (Å²) < 4.78 is 33.0. The number of aryl methyl sites for hydroxylation is 1. The third-order valence-electron chi connectivity index (χ3n) is 6.01. The maximum Gasteiger partial charge on any atom is 0.243 e. The molecule has 2 heterocycles. The topological polar surface area (TPSA) is 66.9 Å². The van der Waals surface area contributed by atoms with Gasteiger partial charge in [0.15, 0.2) is 0 Å². The molecule has 0 fully saturated rings. The fourth-order valence-corrected chi connectivity index (χ4v) is 6.57. The van der Waals surface area contributed by atoms with Crippen LogP contribution in [0.5, 0.6) is 0 Å². The van der Waals surface area contributed by atoms with Crippen molar-refractivity contribution in [2.24, 2.45) is 0 Å². The van der Waals surface area contributed by atoms with Crippen LogP contribution in [-0.4, -0.2) is 56.9 Å². The van der Waals surface area contributed by atoms with E-state index in [0.717, 1.165) is 23.1 Å². The Labute approximate surface area is 199 Å². The van der Waals surface area contributed by atoms with E-state index in [9.17, 15) is 13.2 Å². The number of methoxy groups -OCH3 is 1. The molecule has 3 aromatic rings. The van der Waals surface area contributed by atoms with Gasteiger partial charge in [0.05, 0.1) is 24.1 Å². The minimum atomic E-state index is -3.84. The zero-order valence-electron chi connectivity index (χ0n) is 18.8. The van der Waals surface area contributed by atoms with E-state index in [2.05, 4.69) is 17.5 Å². The van der Waals surface area contributed by atoms with E-state index in [-0.39, 0.29) is 36.5 Å². The number of sulfonamides is 1. The molecule has 6 nitrogen and oxygen atoms in total. The van der Waals surface area contributed by atoms with E-state index in [1.807, 2.05) is 30.0 Å². The molecule has 0 aliphatic carbocycles. The number of thiophene rings is 1.